The van der Waals surface area contributed by atoms with Gasteiger partial charge in [0.25, 0.3) is 6.79 Å². The molecule has 4 aromatic rings. The average molecular weight is 660 g/mol. The van der Waals surface area contributed by atoms with Crippen LogP contribution in [0, 0.1) is 5.92 Å². The summed E-state index contributed by atoms with van der Waals surface area (Å²) in [5.41, 5.74) is 10.3. The molecule has 0 saturated heterocycles. The van der Waals surface area contributed by atoms with Gasteiger partial charge in [-0.1, -0.05) is 25.1 Å². The second-order valence-electron chi connectivity index (χ2n) is 10.8. The third-order valence-electron chi connectivity index (χ3n) is 7.12. The summed E-state index contributed by atoms with van der Waals surface area (Å²) in [6.45, 7) is 6.40. The minimum absolute atomic E-state index is 0.167. The molecule has 13 heteroatoms. The van der Waals surface area contributed by atoms with E-state index < -0.39 is 0 Å². The number of aryl methyl sites for hydroxylation is 1. The molecule has 0 fully saturated rings. The summed E-state index contributed by atoms with van der Waals surface area (Å²) in [5.74, 6) is 5.09. The van der Waals surface area contributed by atoms with Crippen LogP contribution in [0.15, 0.2) is 72.0 Å². The number of anilines is 2. The maximum absolute atomic E-state index is 12.0. The van der Waals surface area contributed by atoms with Crippen LogP contribution in [0.4, 0.5) is 11.5 Å². The fraction of sp³-hybridized carbons (Fsp3) is 0.324. The molecule has 0 unspecified atom stereocenters. The number of hydrogen-bond acceptors (Lipinski definition) is 9. The van der Waals surface area contributed by atoms with E-state index in [-0.39, 0.29) is 30.5 Å². The van der Waals surface area contributed by atoms with E-state index >= 15 is 0 Å². The van der Waals surface area contributed by atoms with Crippen LogP contribution in [0.5, 0.6) is 0 Å². The monoisotopic (exact) mass is 659 g/mol. The number of benzene rings is 2. The molecule has 0 atom stereocenters. The minimum Gasteiger partial charge on any atom is -0.466 e. The zero-order valence-corrected chi connectivity index (χ0v) is 28.0. The highest BCUT2D eigenvalue weighted by Crippen LogP contribution is 2.22. The second-order valence-corrected chi connectivity index (χ2v) is 11.4. The Morgan fingerprint density at radius 1 is 1.11 bits per heavy atom. The van der Waals surface area contributed by atoms with Crippen molar-refractivity contribution < 1.29 is 23.9 Å². The SMILES string of the molecule is C=S=C(c1ccc2c(c1)nc(CNc1ccc(/C(N)=N/OCOC(=O)C(C)C)cc1)n2C)N(CCCC(=O)OCC)c1ccccn1. The van der Waals surface area contributed by atoms with Gasteiger partial charge in [0, 0.05) is 43.0 Å². The third-order valence-corrected chi connectivity index (χ3v) is 7.85. The number of carbonyl (C=O) groups excluding carboxylic acids is 2. The molecule has 0 spiro atoms. The number of nitrogens with two attached hydrogens (primary N) is 1. The number of hydrogen-bond donors (Lipinski definition) is 2. The number of carbonyl (C=O) groups is 2. The van der Waals surface area contributed by atoms with Crippen LogP contribution in [0.3, 0.4) is 0 Å². The molecule has 248 valence electrons. The van der Waals surface area contributed by atoms with Crippen molar-refractivity contribution in [2.75, 3.05) is 30.2 Å². The molecule has 0 saturated carbocycles. The molecule has 0 radical (unpaired) electrons. The van der Waals surface area contributed by atoms with Gasteiger partial charge >= 0.3 is 11.9 Å². The van der Waals surface area contributed by atoms with E-state index in [4.69, 9.17) is 25.0 Å². The van der Waals surface area contributed by atoms with Gasteiger partial charge in [-0.2, -0.15) is 0 Å². The largest absolute Gasteiger partial charge is 0.466 e. The van der Waals surface area contributed by atoms with Crippen LogP contribution >= 0.6 is 10.9 Å². The summed E-state index contributed by atoms with van der Waals surface area (Å²) in [4.78, 5) is 41.0. The molecular formula is C34H41N7O5S. The van der Waals surface area contributed by atoms with E-state index in [1.165, 1.54) is 10.9 Å². The fourth-order valence-electron chi connectivity index (χ4n) is 4.65. The summed E-state index contributed by atoms with van der Waals surface area (Å²) >= 11 is 0. The zero-order valence-electron chi connectivity index (χ0n) is 27.1. The van der Waals surface area contributed by atoms with Crippen LogP contribution in [0.25, 0.3) is 11.0 Å². The summed E-state index contributed by atoms with van der Waals surface area (Å²) < 4.78 is 12.1. The Kier molecular flexibility index (Phi) is 12.5. The molecule has 0 aliphatic rings. The van der Waals surface area contributed by atoms with Crippen molar-refractivity contribution in [2.45, 2.75) is 40.2 Å². The lowest BCUT2D eigenvalue weighted by molar-refractivity contribution is -0.160. The number of pyridine rings is 1. The number of oxime groups is 1. The maximum atomic E-state index is 12.0. The summed E-state index contributed by atoms with van der Waals surface area (Å²) in [7, 11) is 3.36. The van der Waals surface area contributed by atoms with E-state index in [0.29, 0.717) is 38.1 Å². The van der Waals surface area contributed by atoms with E-state index in [9.17, 15) is 9.59 Å². The molecule has 2 heterocycles. The first-order valence-electron chi connectivity index (χ1n) is 15.3. The van der Waals surface area contributed by atoms with Crippen molar-refractivity contribution >= 4 is 62.1 Å². The number of nitrogens with zero attached hydrogens (tertiary/aromatic N) is 5. The van der Waals surface area contributed by atoms with Crippen LogP contribution in [-0.4, -0.2) is 63.1 Å². The lowest BCUT2D eigenvalue weighted by atomic mass is 10.1. The van der Waals surface area contributed by atoms with Crippen LogP contribution in [0.2, 0.25) is 0 Å². The molecule has 2 aromatic heterocycles. The Balaban J connectivity index is 1.44. The fourth-order valence-corrected chi connectivity index (χ4v) is 5.28. The number of fused-ring (bicyclic) bond motifs is 1. The number of rotatable bonds is 15. The summed E-state index contributed by atoms with van der Waals surface area (Å²) in [6, 6.07) is 19.3. The van der Waals surface area contributed by atoms with Gasteiger partial charge in [0.1, 0.15) is 16.6 Å². The Bertz CT molecular complexity index is 1750. The molecule has 12 nitrogen and oxygen atoms in total. The molecule has 0 aliphatic carbocycles. The van der Waals surface area contributed by atoms with Gasteiger partial charge < -0.3 is 34.8 Å². The smallest absolute Gasteiger partial charge is 0.311 e. The third kappa shape index (κ3) is 9.42. The van der Waals surface area contributed by atoms with E-state index in [1.807, 2.05) is 49.5 Å². The topological polar surface area (TPSA) is 146 Å². The van der Waals surface area contributed by atoms with Gasteiger partial charge in [0.2, 0.25) is 0 Å². The van der Waals surface area contributed by atoms with Crippen molar-refractivity contribution in [3.8, 4) is 0 Å². The van der Waals surface area contributed by atoms with Crippen LogP contribution in [-0.2, 0) is 37.5 Å². The Morgan fingerprint density at radius 2 is 1.87 bits per heavy atom. The van der Waals surface area contributed by atoms with E-state index in [1.54, 1.807) is 27.0 Å². The molecule has 4 rings (SSSR count). The van der Waals surface area contributed by atoms with Gasteiger partial charge in [-0.3, -0.25) is 9.59 Å². The molecule has 0 amide bonds. The Hall–Kier alpha value is -5.17. The molecule has 2 aromatic carbocycles. The highest BCUT2D eigenvalue weighted by Gasteiger charge is 2.18. The van der Waals surface area contributed by atoms with Crippen molar-refractivity contribution in [1.29, 1.82) is 0 Å². The van der Waals surface area contributed by atoms with Crippen molar-refractivity contribution in [2.24, 2.45) is 23.9 Å². The minimum atomic E-state index is -0.373. The normalized spacial score (nSPS) is 11.3. The lowest BCUT2D eigenvalue weighted by Crippen LogP contribution is -2.32. The van der Waals surface area contributed by atoms with E-state index in [2.05, 4.69) is 49.0 Å². The van der Waals surface area contributed by atoms with Crippen molar-refractivity contribution in [1.82, 2.24) is 14.5 Å². The van der Waals surface area contributed by atoms with Gasteiger partial charge in [-0.25, -0.2) is 9.97 Å². The highest BCUT2D eigenvalue weighted by molar-refractivity contribution is 7.96. The Labute approximate surface area is 278 Å². The van der Waals surface area contributed by atoms with Crippen molar-refractivity contribution in [3.05, 3.63) is 83.8 Å². The Morgan fingerprint density at radius 3 is 2.55 bits per heavy atom. The zero-order chi connectivity index (χ0) is 33.8. The van der Waals surface area contributed by atoms with Gasteiger partial charge in [-0.05, 0) is 73.8 Å². The first-order valence-corrected chi connectivity index (χ1v) is 16.3. The molecule has 0 aliphatic heterocycles. The number of esters is 2. The number of ether oxygens (including phenoxy) is 2. The quantitative estimate of drug-likeness (QED) is 0.0345. The molecule has 0 bridgehead atoms. The summed E-state index contributed by atoms with van der Waals surface area (Å²) in [5, 5.41) is 7.23. The summed E-state index contributed by atoms with van der Waals surface area (Å²) in [6.07, 6.45) is 2.67. The first kappa shape index (κ1) is 34.7. The maximum Gasteiger partial charge on any atom is 0.311 e. The lowest BCUT2D eigenvalue weighted by Gasteiger charge is -2.25. The van der Waals surface area contributed by atoms with Crippen LogP contribution in [0.1, 0.15) is 50.6 Å². The van der Waals surface area contributed by atoms with Crippen molar-refractivity contribution in [3.63, 3.8) is 0 Å². The molecular weight excluding hydrogens is 618 g/mol. The number of amidine groups is 1. The predicted octanol–water partition coefficient (Wildman–Crippen LogP) is 4.87. The average Bonchev–Trinajstić information content (AvgIpc) is 3.40. The van der Waals surface area contributed by atoms with Gasteiger partial charge in [0.15, 0.2) is 5.84 Å². The highest BCUT2D eigenvalue weighted by atomic mass is 32.1. The number of imidazole rings is 1. The van der Waals surface area contributed by atoms with Gasteiger partial charge in [0.05, 0.1) is 30.1 Å². The predicted molar refractivity (Wildman–Crippen MR) is 188 cm³/mol. The number of aromatic nitrogens is 3. The standard InChI is InChI=1S/C34H41N7O5S/c1-6-44-31(42)11-9-19-41(29-10-7-8-18-36-29)33(47-5)25-14-17-28-27(20-25)38-30(40(28)4)21-37-26-15-12-24(13-16-26)32(35)39-46-22-45-34(43)23(2)3/h7-8,10,12-18,20,23,37H,5-6,9,11,19,21-22H2,1-4H3,(H2,35,39). The number of nitrogens with one attached hydrogen (secondary N) is 1. The van der Waals surface area contributed by atoms with Gasteiger partial charge in [-0.15, -0.1) is 10.9 Å². The molecule has 3 N–H and O–H groups in total. The molecule has 47 heavy (non-hydrogen) atoms. The van der Waals surface area contributed by atoms with Crippen LogP contribution < -0.4 is 16.0 Å². The first-order chi connectivity index (χ1) is 22.7. The second kappa shape index (κ2) is 16.9. The van der Waals surface area contributed by atoms with E-state index in [0.717, 1.165) is 38.9 Å².